The van der Waals surface area contributed by atoms with Crippen LogP contribution in [0.1, 0.15) is 29.7 Å². The van der Waals surface area contributed by atoms with Crippen LogP contribution >= 0.6 is 15.9 Å². The van der Waals surface area contributed by atoms with Crippen LogP contribution in [-0.4, -0.2) is 7.11 Å². The number of benzene rings is 2. The van der Waals surface area contributed by atoms with Gasteiger partial charge in [0.15, 0.2) is 0 Å². The molecular weight excluding hydrogens is 333 g/mol. The molecule has 0 aliphatic rings. The van der Waals surface area contributed by atoms with Gasteiger partial charge < -0.3 is 10.1 Å². The third-order valence-corrected chi connectivity index (χ3v) is 4.20. The molecule has 21 heavy (non-hydrogen) atoms. The van der Waals surface area contributed by atoms with Gasteiger partial charge in [-0.25, -0.2) is 4.39 Å². The molecule has 0 fully saturated rings. The molecule has 1 atom stereocenters. The van der Waals surface area contributed by atoms with Gasteiger partial charge in [0.1, 0.15) is 11.6 Å². The minimum Gasteiger partial charge on any atom is -0.496 e. The molecule has 1 N–H and O–H groups in total. The molecule has 112 valence electrons. The summed E-state index contributed by atoms with van der Waals surface area (Å²) in [4.78, 5) is 0. The fourth-order valence-electron chi connectivity index (χ4n) is 2.21. The lowest BCUT2D eigenvalue weighted by Gasteiger charge is -2.18. The van der Waals surface area contributed by atoms with Crippen LogP contribution in [0.2, 0.25) is 0 Å². The number of hydrogen-bond donors (Lipinski definition) is 1. The molecule has 2 nitrogen and oxygen atoms in total. The van der Waals surface area contributed by atoms with Crippen LogP contribution in [0.15, 0.2) is 40.9 Å². The first kappa shape index (κ1) is 16.0. The monoisotopic (exact) mass is 351 g/mol. The molecule has 0 saturated heterocycles. The lowest BCUT2D eigenvalue weighted by molar-refractivity contribution is 0.399. The van der Waals surface area contributed by atoms with Crippen molar-refractivity contribution in [2.24, 2.45) is 0 Å². The van der Waals surface area contributed by atoms with Crippen molar-refractivity contribution in [2.45, 2.75) is 26.4 Å². The maximum atomic E-state index is 13.4. The van der Waals surface area contributed by atoms with Crippen LogP contribution in [0, 0.1) is 12.7 Å². The number of aryl methyl sites for hydroxylation is 1. The summed E-state index contributed by atoms with van der Waals surface area (Å²) < 4.78 is 19.8. The van der Waals surface area contributed by atoms with Crippen molar-refractivity contribution in [1.29, 1.82) is 0 Å². The van der Waals surface area contributed by atoms with Crippen LogP contribution in [0.5, 0.6) is 5.75 Å². The SMILES string of the molecule is COc1ccc(F)cc1C(C)NCc1ccc(C)cc1Br. The molecule has 0 radical (unpaired) electrons. The lowest BCUT2D eigenvalue weighted by atomic mass is 10.1. The van der Waals surface area contributed by atoms with Crippen LogP contribution in [-0.2, 0) is 6.54 Å². The van der Waals surface area contributed by atoms with Gasteiger partial charge >= 0.3 is 0 Å². The standard InChI is InChI=1S/C17H19BrFNO/c1-11-4-5-13(16(18)8-11)10-20-12(2)15-9-14(19)6-7-17(15)21-3/h4-9,12,20H,10H2,1-3H3. The van der Waals surface area contributed by atoms with Crippen molar-refractivity contribution in [3.63, 3.8) is 0 Å². The molecule has 4 heteroatoms. The lowest BCUT2D eigenvalue weighted by Crippen LogP contribution is -2.19. The van der Waals surface area contributed by atoms with Crippen molar-refractivity contribution in [3.8, 4) is 5.75 Å². The third kappa shape index (κ3) is 4.05. The van der Waals surface area contributed by atoms with Crippen LogP contribution in [0.4, 0.5) is 4.39 Å². The largest absolute Gasteiger partial charge is 0.496 e. The van der Waals surface area contributed by atoms with Crippen LogP contribution in [0.25, 0.3) is 0 Å². The average Bonchev–Trinajstić information content (AvgIpc) is 2.46. The van der Waals surface area contributed by atoms with Gasteiger partial charge in [0.2, 0.25) is 0 Å². The highest BCUT2D eigenvalue weighted by Crippen LogP contribution is 2.26. The number of halogens is 2. The predicted molar refractivity (Wildman–Crippen MR) is 87.1 cm³/mol. The van der Waals surface area contributed by atoms with Crippen molar-refractivity contribution < 1.29 is 9.13 Å². The van der Waals surface area contributed by atoms with E-state index in [9.17, 15) is 4.39 Å². The first-order valence-electron chi connectivity index (χ1n) is 6.83. The molecule has 2 aromatic rings. The van der Waals surface area contributed by atoms with Crippen LogP contribution < -0.4 is 10.1 Å². The molecule has 2 rings (SSSR count). The van der Waals surface area contributed by atoms with Gasteiger partial charge in [0, 0.05) is 22.6 Å². The zero-order valence-corrected chi connectivity index (χ0v) is 14.0. The molecule has 0 saturated carbocycles. The molecule has 0 spiro atoms. The maximum absolute atomic E-state index is 13.4. The smallest absolute Gasteiger partial charge is 0.123 e. The summed E-state index contributed by atoms with van der Waals surface area (Å²) in [6.45, 7) is 4.75. The Kier molecular flexibility index (Phi) is 5.37. The molecule has 0 bridgehead atoms. The summed E-state index contributed by atoms with van der Waals surface area (Å²) in [6.07, 6.45) is 0. The van der Waals surface area contributed by atoms with E-state index in [1.165, 1.54) is 23.3 Å². The Balaban J connectivity index is 2.11. The molecule has 0 aliphatic carbocycles. The van der Waals surface area contributed by atoms with Crippen molar-refractivity contribution in [3.05, 3.63) is 63.4 Å². The predicted octanol–water partition coefficient (Wildman–Crippen LogP) is 4.76. The molecule has 0 heterocycles. The minimum atomic E-state index is -0.254. The Morgan fingerprint density at radius 2 is 2.00 bits per heavy atom. The van der Waals surface area contributed by atoms with E-state index in [1.54, 1.807) is 13.2 Å². The fourth-order valence-corrected chi connectivity index (χ4v) is 2.85. The number of methoxy groups -OCH3 is 1. The summed E-state index contributed by atoms with van der Waals surface area (Å²) in [5, 5.41) is 3.40. The third-order valence-electron chi connectivity index (χ3n) is 3.47. The average molecular weight is 352 g/mol. The normalized spacial score (nSPS) is 12.2. The Bertz CT molecular complexity index is 630. The summed E-state index contributed by atoms with van der Waals surface area (Å²) in [5.41, 5.74) is 3.20. The molecule has 0 aromatic heterocycles. The van der Waals surface area contributed by atoms with E-state index >= 15 is 0 Å². The summed E-state index contributed by atoms with van der Waals surface area (Å²) >= 11 is 3.57. The fraction of sp³-hybridized carbons (Fsp3) is 0.294. The first-order chi connectivity index (χ1) is 10.0. The number of rotatable bonds is 5. The van der Waals surface area contributed by atoms with E-state index in [2.05, 4.69) is 46.4 Å². The van der Waals surface area contributed by atoms with E-state index in [0.717, 1.165) is 10.0 Å². The van der Waals surface area contributed by atoms with Crippen LogP contribution in [0.3, 0.4) is 0 Å². The molecule has 0 aliphatic heterocycles. The Labute approximate surface area is 133 Å². The van der Waals surface area contributed by atoms with Gasteiger partial charge in [-0.1, -0.05) is 28.1 Å². The summed E-state index contributed by atoms with van der Waals surface area (Å²) in [6, 6.07) is 10.8. The molecule has 2 aromatic carbocycles. The molecule has 0 amide bonds. The highest BCUT2D eigenvalue weighted by Gasteiger charge is 2.12. The number of nitrogens with one attached hydrogen (secondary N) is 1. The van der Waals surface area contributed by atoms with Crippen molar-refractivity contribution >= 4 is 15.9 Å². The minimum absolute atomic E-state index is 0.0103. The first-order valence-corrected chi connectivity index (χ1v) is 7.62. The second kappa shape index (κ2) is 7.05. The van der Waals surface area contributed by atoms with E-state index in [0.29, 0.717) is 12.3 Å². The zero-order chi connectivity index (χ0) is 15.4. The van der Waals surface area contributed by atoms with Gasteiger partial charge in [-0.2, -0.15) is 0 Å². The van der Waals surface area contributed by atoms with Gasteiger partial charge in [-0.3, -0.25) is 0 Å². The number of hydrogen-bond acceptors (Lipinski definition) is 2. The van der Waals surface area contributed by atoms with Gasteiger partial charge in [0.05, 0.1) is 7.11 Å². The van der Waals surface area contributed by atoms with E-state index in [1.807, 2.05) is 6.92 Å². The van der Waals surface area contributed by atoms with E-state index in [-0.39, 0.29) is 11.9 Å². The Morgan fingerprint density at radius 1 is 1.24 bits per heavy atom. The van der Waals surface area contributed by atoms with Crippen molar-refractivity contribution in [2.75, 3.05) is 7.11 Å². The van der Waals surface area contributed by atoms with Crippen molar-refractivity contribution in [1.82, 2.24) is 5.32 Å². The van der Waals surface area contributed by atoms with E-state index < -0.39 is 0 Å². The molecular formula is C17H19BrFNO. The Morgan fingerprint density at radius 3 is 2.67 bits per heavy atom. The quantitative estimate of drug-likeness (QED) is 0.838. The second-order valence-corrected chi connectivity index (χ2v) is 5.94. The van der Waals surface area contributed by atoms with Gasteiger partial charge in [0.25, 0.3) is 0 Å². The second-order valence-electron chi connectivity index (χ2n) is 5.08. The number of ether oxygens (including phenoxy) is 1. The molecule has 1 unspecified atom stereocenters. The van der Waals surface area contributed by atoms with Gasteiger partial charge in [-0.15, -0.1) is 0 Å². The van der Waals surface area contributed by atoms with Gasteiger partial charge in [-0.05, 0) is 49.2 Å². The summed E-state index contributed by atoms with van der Waals surface area (Å²) in [7, 11) is 1.60. The Hall–Kier alpha value is -1.39. The maximum Gasteiger partial charge on any atom is 0.123 e. The topological polar surface area (TPSA) is 21.3 Å². The van der Waals surface area contributed by atoms with E-state index in [4.69, 9.17) is 4.74 Å². The highest BCUT2D eigenvalue weighted by atomic mass is 79.9. The highest BCUT2D eigenvalue weighted by molar-refractivity contribution is 9.10. The summed E-state index contributed by atoms with van der Waals surface area (Å²) in [5.74, 6) is 0.440. The zero-order valence-electron chi connectivity index (χ0n) is 12.4.